The standard InChI is InChI=1S/C14H10BrCl2NO2/c1-7-4-10(15)12(6-11(7)17)18-14(20)9-5-8(16)2-3-13(9)19/h2-6,19H,1H3,(H,18,20). The molecule has 6 heteroatoms. The second-order valence-corrected chi connectivity index (χ2v) is 5.89. The first-order chi connectivity index (χ1) is 9.38. The van der Waals surface area contributed by atoms with Gasteiger partial charge in [-0.05, 0) is 58.7 Å². The van der Waals surface area contributed by atoms with Gasteiger partial charge >= 0.3 is 0 Å². The van der Waals surface area contributed by atoms with Crippen molar-refractivity contribution in [2.45, 2.75) is 6.92 Å². The van der Waals surface area contributed by atoms with Gasteiger partial charge in [0, 0.05) is 14.5 Å². The molecule has 3 nitrogen and oxygen atoms in total. The van der Waals surface area contributed by atoms with E-state index in [1.54, 1.807) is 12.1 Å². The minimum atomic E-state index is -0.467. The first-order valence-electron chi connectivity index (χ1n) is 5.64. The van der Waals surface area contributed by atoms with Gasteiger partial charge in [-0.15, -0.1) is 0 Å². The topological polar surface area (TPSA) is 49.3 Å². The zero-order valence-corrected chi connectivity index (χ0v) is 13.5. The second kappa shape index (κ2) is 6.04. The zero-order chi connectivity index (χ0) is 14.9. The highest BCUT2D eigenvalue weighted by atomic mass is 79.9. The molecular formula is C14H10BrCl2NO2. The minimum Gasteiger partial charge on any atom is -0.507 e. The van der Waals surface area contributed by atoms with Crippen LogP contribution in [0.2, 0.25) is 10.0 Å². The van der Waals surface area contributed by atoms with E-state index in [-0.39, 0.29) is 11.3 Å². The molecule has 2 N–H and O–H groups in total. The Balaban J connectivity index is 2.32. The molecule has 0 aromatic heterocycles. The van der Waals surface area contributed by atoms with E-state index < -0.39 is 5.91 Å². The Kier molecular flexibility index (Phi) is 4.58. The van der Waals surface area contributed by atoms with Gasteiger partial charge in [-0.1, -0.05) is 23.2 Å². The Labute approximate surface area is 134 Å². The van der Waals surface area contributed by atoms with Gasteiger partial charge in [0.05, 0.1) is 11.3 Å². The summed E-state index contributed by atoms with van der Waals surface area (Å²) in [6, 6.07) is 7.72. The maximum absolute atomic E-state index is 12.1. The smallest absolute Gasteiger partial charge is 0.259 e. The number of amides is 1. The van der Waals surface area contributed by atoms with Crippen molar-refractivity contribution < 1.29 is 9.90 Å². The number of phenols is 1. The normalized spacial score (nSPS) is 10.4. The summed E-state index contributed by atoms with van der Waals surface area (Å²) in [6.45, 7) is 1.86. The Bertz CT molecular complexity index is 689. The summed E-state index contributed by atoms with van der Waals surface area (Å²) < 4.78 is 0.703. The van der Waals surface area contributed by atoms with Crippen molar-refractivity contribution in [2.24, 2.45) is 0 Å². The molecule has 20 heavy (non-hydrogen) atoms. The number of carbonyl (C=O) groups is 1. The molecule has 0 saturated heterocycles. The fraction of sp³-hybridized carbons (Fsp3) is 0.0714. The average molecular weight is 375 g/mol. The van der Waals surface area contributed by atoms with Crippen LogP contribution >= 0.6 is 39.1 Å². The van der Waals surface area contributed by atoms with E-state index in [1.165, 1.54) is 18.2 Å². The number of aryl methyl sites for hydroxylation is 1. The predicted octanol–water partition coefficient (Wildman–Crippen LogP) is 5.02. The van der Waals surface area contributed by atoms with Crippen molar-refractivity contribution in [2.75, 3.05) is 5.32 Å². The van der Waals surface area contributed by atoms with Crippen LogP contribution < -0.4 is 5.32 Å². The second-order valence-electron chi connectivity index (χ2n) is 4.20. The Morgan fingerprint density at radius 2 is 1.95 bits per heavy atom. The summed E-state index contributed by atoms with van der Waals surface area (Å²) >= 11 is 15.2. The minimum absolute atomic E-state index is 0.0982. The number of halogens is 3. The van der Waals surface area contributed by atoms with Crippen LogP contribution in [-0.4, -0.2) is 11.0 Å². The Morgan fingerprint density at radius 1 is 1.25 bits per heavy atom. The number of hydrogen-bond acceptors (Lipinski definition) is 2. The lowest BCUT2D eigenvalue weighted by Crippen LogP contribution is -2.12. The van der Waals surface area contributed by atoms with Crippen molar-refractivity contribution in [3.05, 3.63) is 56.0 Å². The van der Waals surface area contributed by atoms with Crippen molar-refractivity contribution in [1.29, 1.82) is 0 Å². The number of aromatic hydroxyl groups is 1. The Morgan fingerprint density at radius 3 is 2.65 bits per heavy atom. The number of benzene rings is 2. The molecule has 0 fully saturated rings. The van der Waals surface area contributed by atoms with Crippen LogP contribution in [0.5, 0.6) is 5.75 Å². The first kappa shape index (κ1) is 15.2. The molecule has 2 rings (SSSR count). The molecular weight excluding hydrogens is 365 g/mol. The van der Waals surface area contributed by atoms with E-state index in [4.69, 9.17) is 23.2 Å². The van der Waals surface area contributed by atoms with E-state index in [2.05, 4.69) is 21.2 Å². The molecule has 0 saturated carbocycles. The Hall–Kier alpha value is -1.23. The molecule has 0 aliphatic rings. The van der Waals surface area contributed by atoms with Crippen LogP contribution in [0, 0.1) is 6.92 Å². The van der Waals surface area contributed by atoms with Gasteiger partial charge < -0.3 is 10.4 Å². The maximum Gasteiger partial charge on any atom is 0.259 e. The van der Waals surface area contributed by atoms with E-state index in [9.17, 15) is 9.90 Å². The number of hydrogen-bond donors (Lipinski definition) is 2. The van der Waals surface area contributed by atoms with Crippen LogP contribution in [0.1, 0.15) is 15.9 Å². The molecule has 0 spiro atoms. The molecule has 0 atom stereocenters. The number of nitrogens with one attached hydrogen (secondary N) is 1. The summed E-state index contributed by atoms with van der Waals surface area (Å²) in [4.78, 5) is 12.1. The van der Waals surface area contributed by atoms with E-state index in [0.717, 1.165) is 5.56 Å². The summed E-state index contributed by atoms with van der Waals surface area (Å²) in [5, 5.41) is 13.3. The fourth-order valence-electron chi connectivity index (χ4n) is 1.62. The number of anilines is 1. The molecule has 104 valence electrons. The van der Waals surface area contributed by atoms with Crippen molar-refractivity contribution in [3.8, 4) is 5.75 Å². The van der Waals surface area contributed by atoms with Crippen LogP contribution in [0.15, 0.2) is 34.8 Å². The highest BCUT2D eigenvalue weighted by Gasteiger charge is 2.14. The number of carbonyl (C=O) groups excluding carboxylic acids is 1. The molecule has 0 bridgehead atoms. The predicted molar refractivity (Wildman–Crippen MR) is 85.0 cm³/mol. The molecule has 0 unspecified atom stereocenters. The maximum atomic E-state index is 12.1. The third kappa shape index (κ3) is 3.26. The molecule has 2 aromatic rings. The quantitative estimate of drug-likeness (QED) is 0.775. The lowest BCUT2D eigenvalue weighted by molar-refractivity contribution is 0.102. The number of phenolic OH excluding ortho intramolecular Hbond substituents is 1. The van der Waals surface area contributed by atoms with E-state index >= 15 is 0 Å². The molecule has 2 aromatic carbocycles. The van der Waals surface area contributed by atoms with Gasteiger partial charge in [-0.25, -0.2) is 0 Å². The van der Waals surface area contributed by atoms with Crippen molar-refractivity contribution in [1.82, 2.24) is 0 Å². The van der Waals surface area contributed by atoms with Crippen molar-refractivity contribution in [3.63, 3.8) is 0 Å². The van der Waals surface area contributed by atoms with Gasteiger partial charge in [-0.2, -0.15) is 0 Å². The first-order valence-corrected chi connectivity index (χ1v) is 7.19. The van der Waals surface area contributed by atoms with Gasteiger partial charge in [0.25, 0.3) is 5.91 Å². The van der Waals surface area contributed by atoms with Gasteiger partial charge in [0.2, 0.25) is 0 Å². The lowest BCUT2D eigenvalue weighted by atomic mass is 10.1. The van der Waals surface area contributed by atoms with E-state index in [0.29, 0.717) is 20.2 Å². The number of rotatable bonds is 2. The summed E-state index contributed by atoms with van der Waals surface area (Å²) in [5.41, 5.74) is 1.51. The van der Waals surface area contributed by atoms with Gasteiger partial charge in [0.15, 0.2) is 0 Å². The fourth-order valence-corrected chi connectivity index (χ4v) is 2.51. The average Bonchev–Trinajstić information content (AvgIpc) is 2.38. The monoisotopic (exact) mass is 373 g/mol. The van der Waals surface area contributed by atoms with E-state index in [1.807, 2.05) is 6.92 Å². The molecule has 0 radical (unpaired) electrons. The van der Waals surface area contributed by atoms with Crippen LogP contribution in [0.25, 0.3) is 0 Å². The third-order valence-corrected chi connectivity index (χ3v) is 4.00. The zero-order valence-electron chi connectivity index (χ0n) is 10.4. The summed E-state index contributed by atoms with van der Waals surface area (Å²) in [6.07, 6.45) is 0. The molecule has 0 aliphatic heterocycles. The largest absolute Gasteiger partial charge is 0.507 e. The molecule has 0 heterocycles. The molecule has 1 amide bonds. The van der Waals surface area contributed by atoms with Gasteiger partial charge in [0.1, 0.15) is 5.75 Å². The third-order valence-electron chi connectivity index (χ3n) is 2.70. The van der Waals surface area contributed by atoms with Crippen LogP contribution in [-0.2, 0) is 0 Å². The summed E-state index contributed by atoms with van der Waals surface area (Å²) in [7, 11) is 0. The lowest BCUT2D eigenvalue weighted by Gasteiger charge is -2.10. The van der Waals surface area contributed by atoms with Crippen LogP contribution in [0.3, 0.4) is 0 Å². The SMILES string of the molecule is Cc1cc(Br)c(NC(=O)c2cc(Cl)ccc2O)cc1Cl. The highest BCUT2D eigenvalue weighted by Crippen LogP contribution is 2.30. The van der Waals surface area contributed by atoms with Crippen LogP contribution in [0.4, 0.5) is 5.69 Å². The summed E-state index contributed by atoms with van der Waals surface area (Å²) in [5.74, 6) is -0.605. The highest BCUT2D eigenvalue weighted by molar-refractivity contribution is 9.10. The van der Waals surface area contributed by atoms with Gasteiger partial charge in [-0.3, -0.25) is 4.79 Å². The molecule has 0 aliphatic carbocycles. The van der Waals surface area contributed by atoms with Crippen molar-refractivity contribution >= 4 is 50.7 Å².